The maximum absolute atomic E-state index is 11.2. The van der Waals surface area contributed by atoms with Crippen molar-refractivity contribution < 1.29 is 15.0 Å². The van der Waals surface area contributed by atoms with Crippen LogP contribution in [-0.4, -0.2) is 42.4 Å². The molecule has 0 aliphatic carbocycles. The van der Waals surface area contributed by atoms with Gasteiger partial charge in [0.15, 0.2) is 6.35 Å². The van der Waals surface area contributed by atoms with Crippen LogP contribution in [0.3, 0.4) is 0 Å². The van der Waals surface area contributed by atoms with E-state index in [4.69, 9.17) is 0 Å². The van der Waals surface area contributed by atoms with Gasteiger partial charge in [-0.1, -0.05) is 48.5 Å². The number of nitrogens with zero attached hydrogens (tertiary/aromatic N) is 3. The van der Waals surface area contributed by atoms with Gasteiger partial charge in [-0.05, 0) is 53.4 Å². The Labute approximate surface area is 213 Å². The first-order chi connectivity index (χ1) is 18.0. The van der Waals surface area contributed by atoms with Crippen molar-refractivity contribution in [1.29, 1.82) is 0 Å². The van der Waals surface area contributed by atoms with Gasteiger partial charge < -0.3 is 20.5 Å². The van der Waals surface area contributed by atoms with E-state index < -0.39 is 12.3 Å². The van der Waals surface area contributed by atoms with Crippen molar-refractivity contribution in [2.75, 3.05) is 5.32 Å². The molecule has 37 heavy (non-hydrogen) atoms. The quantitative estimate of drug-likeness (QED) is 0.247. The third-order valence-electron chi connectivity index (χ3n) is 6.95. The Morgan fingerprint density at radius 3 is 2.43 bits per heavy atom. The van der Waals surface area contributed by atoms with Crippen LogP contribution < -0.4 is 5.32 Å². The van der Waals surface area contributed by atoms with E-state index in [1.54, 1.807) is 24.3 Å². The van der Waals surface area contributed by atoms with E-state index >= 15 is 0 Å². The van der Waals surface area contributed by atoms with E-state index in [1.807, 2.05) is 48.2 Å². The number of carboxylic acid groups (broad SMARTS) is 1. The molecule has 6 rings (SSSR count). The molecule has 0 saturated heterocycles. The summed E-state index contributed by atoms with van der Waals surface area (Å²) in [7, 11) is 0. The Balaban J connectivity index is 1.30. The fraction of sp³-hybridized carbons (Fsp3) is 0.138. The van der Waals surface area contributed by atoms with E-state index in [-0.39, 0.29) is 5.56 Å². The number of H-pyrrole nitrogens is 1. The molecule has 4 N–H and O–H groups in total. The number of hydrogen-bond acceptors (Lipinski definition) is 6. The molecule has 0 spiro atoms. The van der Waals surface area contributed by atoms with Gasteiger partial charge in [0, 0.05) is 35.4 Å². The van der Waals surface area contributed by atoms with Gasteiger partial charge in [0.05, 0.1) is 11.3 Å². The van der Waals surface area contributed by atoms with Crippen molar-refractivity contribution in [3.63, 3.8) is 0 Å². The predicted octanol–water partition coefficient (Wildman–Crippen LogP) is 5.00. The van der Waals surface area contributed by atoms with Gasteiger partial charge in [-0.2, -0.15) is 0 Å². The van der Waals surface area contributed by atoms with Gasteiger partial charge in [-0.25, -0.2) is 14.8 Å². The van der Waals surface area contributed by atoms with E-state index in [1.165, 1.54) is 17.5 Å². The van der Waals surface area contributed by atoms with Crippen molar-refractivity contribution in [3.05, 3.63) is 101 Å². The van der Waals surface area contributed by atoms with Crippen molar-refractivity contribution in [1.82, 2.24) is 19.9 Å². The van der Waals surface area contributed by atoms with Crippen LogP contribution in [0.4, 0.5) is 5.69 Å². The molecule has 1 aliphatic rings. The van der Waals surface area contributed by atoms with Crippen LogP contribution >= 0.6 is 0 Å². The van der Waals surface area contributed by atoms with Gasteiger partial charge >= 0.3 is 5.97 Å². The smallest absolute Gasteiger partial charge is 0.335 e. The van der Waals surface area contributed by atoms with Crippen molar-refractivity contribution >= 4 is 22.7 Å². The number of aromatic carboxylic acids is 1. The van der Waals surface area contributed by atoms with Gasteiger partial charge in [-0.3, -0.25) is 4.90 Å². The highest BCUT2D eigenvalue weighted by atomic mass is 16.4. The normalized spacial score (nSPS) is 14.0. The summed E-state index contributed by atoms with van der Waals surface area (Å²) < 4.78 is 0. The molecule has 1 aliphatic heterocycles. The number of nitrogens with one attached hydrogen (secondary N) is 2. The highest BCUT2D eigenvalue weighted by Crippen LogP contribution is 2.34. The number of aliphatic hydroxyl groups is 1. The van der Waals surface area contributed by atoms with Crippen LogP contribution in [0.1, 0.15) is 27.0 Å². The standard InChI is InChI=1S/C29H25N5O3/c1-17-22(7-4-8-24(17)33-29(37)34-14-20-5-2-3-6-21(20)15-34)26-23-13-25(32-27(23)31-16-30-26)18-9-11-19(12-10-18)28(35)36/h2-13,16,29,33,37H,14-15H2,1H3,(H,35,36)(H,30,31,32). The molecule has 1 atom stereocenters. The first kappa shape index (κ1) is 22.9. The molecule has 1 unspecified atom stereocenters. The summed E-state index contributed by atoms with van der Waals surface area (Å²) >= 11 is 0. The number of rotatable bonds is 6. The Morgan fingerprint density at radius 2 is 1.73 bits per heavy atom. The largest absolute Gasteiger partial charge is 0.478 e. The molecule has 5 aromatic rings. The summed E-state index contributed by atoms with van der Waals surface area (Å²) in [5.74, 6) is -0.959. The minimum Gasteiger partial charge on any atom is -0.478 e. The van der Waals surface area contributed by atoms with Crippen LogP contribution in [0.15, 0.2) is 79.1 Å². The lowest BCUT2D eigenvalue weighted by atomic mass is 10.0. The highest BCUT2D eigenvalue weighted by molar-refractivity contribution is 5.96. The molecule has 0 radical (unpaired) electrons. The number of carbonyl (C=O) groups is 1. The average Bonchev–Trinajstić information content (AvgIpc) is 3.55. The third-order valence-corrected chi connectivity index (χ3v) is 6.95. The van der Waals surface area contributed by atoms with Crippen LogP contribution in [0, 0.1) is 6.92 Å². The van der Waals surface area contributed by atoms with Gasteiger partial charge in [0.1, 0.15) is 12.0 Å². The zero-order chi connectivity index (χ0) is 25.5. The lowest BCUT2D eigenvalue weighted by Gasteiger charge is -2.25. The van der Waals surface area contributed by atoms with Gasteiger partial charge in [0.2, 0.25) is 0 Å². The number of anilines is 1. The average molecular weight is 492 g/mol. The molecule has 2 aromatic heterocycles. The lowest BCUT2D eigenvalue weighted by molar-refractivity contribution is 0.0231. The SMILES string of the molecule is Cc1c(NC(O)N2Cc3ccccc3C2)cccc1-c1ncnc2[nH]c(-c3ccc(C(=O)O)cc3)cc12. The molecule has 0 fully saturated rings. The highest BCUT2D eigenvalue weighted by Gasteiger charge is 2.24. The maximum Gasteiger partial charge on any atom is 0.335 e. The third kappa shape index (κ3) is 4.22. The van der Waals surface area contributed by atoms with Crippen molar-refractivity contribution in [2.45, 2.75) is 26.4 Å². The number of aliphatic hydroxyl groups excluding tert-OH is 1. The van der Waals surface area contributed by atoms with Crippen molar-refractivity contribution in [3.8, 4) is 22.5 Å². The Morgan fingerprint density at radius 1 is 1.00 bits per heavy atom. The summed E-state index contributed by atoms with van der Waals surface area (Å²) in [6.07, 6.45) is 0.695. The molecule has 3 aromatic carbocycles. The molecule has 184 valence electrons. The minimum atomic E-state index is -0.959. The summed E-state index contributed by atoms with van der Waals surface area (Å²) in [5, 5.41) is 24.3. The van der Waals surface area contributed by atoms with Crippen LogP contribution in [0.25, 0.3) is 33.5 Å². The van der Waals surface area contributed by atoms with Gasteiger partial charge in [0.25, 0.3) is 0 Å². The van der Waals surface area contributed by atoms with Crippen LogP contribution in [-0.2, 0) is 13.1 Å². The zero-order valence-corrected chi connectivity index (χ0v) is 20.1. The van der Waals surface area contributed by atoms with E-state index in [0.717, 1.165) is 39.2 Å². The topological polar surface area (TPSA) is 114 Å². The maximum atomic E-state index is 11.2. The summed E-state index contributed by atoms with van der Waals surface area (Å²) in [6.45, 7) is 3.39. The molecule has 0 amide bonds. The first-order valence-electron chi connectivity index (χ1n) is 12.0. The minimum absolute atomic E-state index is 0.236. The lowest BCUT2D eigenvalue weighted by Crippen LogP contribution is -2.37. The Bertz CT molecular complexity index is 1600. The molecule has 8 heteroatoms. The zero-order valence-electron chi connectivity index (χ0n) is 20.1. The number of hydrogen-bond donors (Lipinski definition) is 4. The number of carboxylic acids is 1. The fourth-order valence-electron chi connectivity index (χ4n) is 4.91. The fourth-order valence-corrected chi connectivity index (χ4v) is 4.91. The monoisotopic (exact) mass is 491 g/mol. The van der Waals surface area contributed by atoms with E-state index in [2.05, 4.69) is 32.4 Å². The second kappa shape index (κ2) is 9.16. The number of aromatic nitrogens is 3. The first-order valence-corrected chi connectivity index (χ1v) is 12.0. The summed E-state index contributed by atoms with van der Waals surface area (Å²) in [5.41, 5.74) is 8.58. The number of aromatic amines is 1. The molecule has 3 heterocycles. The second-order valence-electron chi connectivity index (χ2n) is 9.22. The Hall–Kier alpha value is -4.53. The molecule has 8 nitrogen and oxygen atoms in total. The Kier molecular flexibility index (Phi) is 5.67. The second-order valence-corrected chi connectivity index (χ2v) is 9.22. The molecular formula is C29H25N5O3. The van der Waals surface area contributed by atoms with Gasteiger partial charge in [-0.15, -0.1) is 0 Å². The molecule has 0 bridgehead atoms. The molecule has 0 saturated carbocycles. The van der Waals surface area contributed by atoms with Crippen LogP contribution in [0.5, 0.6) is 0 Å². The number of fused-ring (bicyclic) bond motifs is 2. The van der Waals surface area contributed by atoms with E-state index in [0.29, 0.717) is 18.7 Å². The van der Waals surface area contributed by atoms with Crippen molar-refractivity contribution in [2.24, 2.45) is 0 Å². The summed E-state index contributed by atoms with van der Waals surface area (Å²) in [4.78, 5) is 25.5. The van der Waals surface area contributed by atoms with Crippen LogP contribution in [0.2, 0.25) is 0 Å². The predicted molar refractivity (Wildman–Crippen MR) is 142 cm³/mol. The van der Waals surface area contributed by atoms with E-state index in [9.17, 15) is 15.0 Å². The molecular weight excluding hydrogens is 466 g/mol. The number of benzene rings is 3. The summed E-state index contributed by atoms with van der Waals surface area (Å²) in [6, 6.07) is 22.8.